The van der Waals surface area contributed by atoms with Gasteiger partial charge in [0.1, 0.15) is 5.54 Å². The fourth-order valence-electron chi connectivity index (χ4n) is 3.02. The zero-order chi connectivity index (χ0) is 14.4. The van der Waals surface area contributed by atoms with Crippen LogP contribution >= 0.6 is 0 Å². The minimum absolute atomic E-state index is 0.0135. The van der Waals surface area contributed by atoms with Gasteiger partial charge in [0.05, 0.1) is 12.6 Å². The van der Waals surface area contributed by atoms with Crippen molar-refractivity contribution >= 4 is 12.0 Å². The van der Waals surface area contributed by atoms with Crippen molar-refractivity contribution in [3.05, 3.63) is 0 Å². The predicted molar refractivity (Wildman–Crippen MR) is 73.6 cm³/mol. The molecule has 2 rings (SSSR count). The first-order valence-corrected chi connectivity index (χ1v) is 7.52. The van der Waals surface area contributed by atoms with Crippen molar-refractivity contribution in [3.8, 4) is 0 Å². The van der Waals surface area contributed by atoms with Crippen LogP contribution in [0.3, 0.4) is 0 Å². The Morgan fingerprint density at radius 3 is 2.35 bits per heavy atom. The Morgan fingerprint density at radius 2 is 1.80 bits per heavy atom. The van der Waals surface area contributed by atoms with Crippen LogP contribution in [-0.2, 0) is 9.53 Å². The van der Waals surface area contributed by atoms with Crippen LogP contribution in [0.2, 0.25) is 0 Å². The van der Waals surface area contributed by atoms with Gasteiger partial charge in [0.2, 0.25) is 0 Å². The van der Waals surface area contributed by atoms with E-state index in [1.54, 1.807) is 0 Å². The van der Waals surface area contributed by atoms with E-state index >= 15 is 0 Å². The van der Waals surface area contributed by atoms with Crippen LogP contribution in [0.25, 0.3) is 0 Å². The highest BCUT2D eigenvalue weighted by molar-refractivity contribution is 5.86. The Bertz CT molecular complexity index is 345. The summed E-state index contributed by atoms with van der Waals surface area (Å²) in [5.74, 6) is -0.922. The van der Waals surface area contributed by atoms with Crippen LogP contribution in [0.4, 0.5) is 4.79 Å². The van der Waals surface area contributed by atoms with Crippen molar-refractivity contribution < 1.29 is 19.4 Å². The molecule has 1 aliphatic heterocycles. The van der Waals surface area contributed by atoms with Crippen LogP contribution in [0.1, 0.15) is 51.4 Å². The Kier molecular flexibility index (Phi) is 5.23. The number of urea groups is 1. The van der Waals surface area contributed by atoms with Gasteiger partial charge in [0.25, 0.3) is 0 Å². The van der Waals surface area contributed by atoms with Crippen LogP contribution in [0, 0.1) is 0 Å². The second kappa shape index (κ2) is 6.92. The Labute approximate surface area is 119 Å². The molecule has 0 aromatic heterocycles. The number of amides is 2. The Morgan fingerprint density at radius 1 is 1.10 bits per heavy atom. The monoisotopic (exact) mass is 284 g/mol. The number of hydrogen-bond acceptors (Lipinski definition) is 3. The van der Waals surface area contributed by atoms with E-state index in [1.807, 2.05) is 0 Å². The number of aliphatic carboxylic acids is 1. The van der Waals surface area contributed by atoms with E-state index in [9.17, 15) is 14.7 Å². The quantitative estimate of drug-likeness (QED) is 0.688. The summed E-state index contributed by atoms with van der Waals surface area (Å²) in [6, 6.07) is -0.398. The number of carboxylic acids is 1. The minimum Gasteiger partial charge on any atom is -0.480 e. The lowest BCUT2D eigenvalue weighted by Crippen LogP contribution is -2.58. The topological polar surface area (TPSA) is 87.7 Å². The summed E-state index contributed by atoms with van der Waals surface area (Å²) in [6.45, 7) is 1.24. The SMILES string of the molecule is O=C(NC1CCCOC1)NC1(C(=O)O)CCCCCC1. The van der Waals surface area contributed by atoms with Crippen LogP contribution < -0.4 is 10.6 Å². The third-order valence-corrected chi connectivity index (χ3v) is 4.21. The predicted octanol–water partition coefficient (Wildman–Crippen LogP) is 1.64. The largest absolute Gasteiger partial charge is 0.480 e. The molecule has 1 saturated carbocycles. The fourth-order valence-corrected chi connectivity index (χ4v) is 3.02. The molecular weight excluding hydrogens is 260 g/mol. The zero-order valence-corrected chi connectivity index (χ0v) is 11.8. The molecule has 3 N–H and O–H groups in total. The molecule has 1 unspecified atom stereocenters. The summed E-state index contributed by atoms with van der Waals surface area (Å²) in [4.78, 5) is 23.6. The highest BCUT2D eigenvalue weighted by Crippen LogP contribution is 2.27. The highest BCUT2D eigenvalue weighted by atomic mass is 16.5. The molecule has 1 heterocycles. The van der Waals surface area contributed by atoms with Gasteiger partial charge in [-0.05, 0) is 25.7 Å². The molecule has 114 valence electrons. The third kappa shape index (κ3) is 3.85. The summed E-state index contributed by atoms with van der Waals surface area (Å²) in [7, 11) is 0. The van der Waals surface area contributed by atoms with Crippen LogP contribution in [0.15, 0.2) is 0 Å². The number of carbonyl (C=O) groups is 2. The summed E-state index contributed by atoms with van der Waals surface area (Å²) in [5, 5.41) is 15.0. The molecule has 0 bridgehead atoms. The second-order valence-corrected chi connectivity index (χ2v) is 5.81. The van der Waals surface area contributed by atoms with Crippen molar-refractivity contribution in [2.75, 3.05) is 13.2 Å². The number of ether oxygens (including phenoxy) is 1. The van der Waals surface area contributed by atoms with Gasteiger partial charge >= 0.3 is 12.0 Å². The minimum atomic E-state index is -1.10. The summed E-state index contributed by atoms with van der Waals surface area (Å²) in [5.41, 5.74) is -1.10. The van der Waals surface area contributed by atoms with E-state index in [0.717, 1.165) is 45.1 Å². The van der Waals surface area contributed by atoms with Gasteiger partial charge in [-0.2, -0.15) is 0 Å². The molecule has 1 aliphatic carbocycles. The maximum Gasteiger partial charge on any atom is 0.329 e. The van der Waals surface area contributed by atoms with Crippen molar-refractivity contribution in [2.24, 2.45) is 0 Å². The lowest BCUT2D eigenvalue weighted by molar-refractivity contribution is -0.145. The normalized spacial score (nSPS) is 26.3. The van der Waals surface area contributed by atoms with Crippen LogP contribution in [-0.4, -0.2) is 41.9 Å². The molecule has 20 heavy (non-hydrogen) atoms. The molecule has 0 aromatic rings. The standard InChI is InChI=1S/C14H24N2O4/c17-12(18)14(7-3-1-2-4-8-14)16-13(19)15-11-6-5-9-20-10-11/h11H,1-10H2,(H,17,18)(H2,15,16,19). The van der Waals surface area contributed by atoms with E-state index in [1.165, 1.54) is 0 Å². The summed E-state index contributed by atoms with van der Waals surface area (Å²) >= 11 is 0. The van der Waals surface area contributed by atoms with Gasteiger partial charge in [-0.25, -0.2) is 9.59 Å². The molecule has 0 spiro atoms. The maximum atomic E-state index is 12.1. The number of rotatable bonds is 3. The van der Waals surface area contributed by atoms with Gasteiger partial charge < -0.3 is 20.5 Å². The molecular formula is C14H24N2O4. The first kappa shape index (κ1) is 15.1. The zero-order valence-electron chi connectivity index (χ0n) is 11.8. The molecule has 6 heteroatoms. The third-order valence-electron chi connectivity index (χ3n) is 4.21. The van der Waals surface area contributed by atoms with E-state index in [4.69, 9.17) is 4.74 Å². The Hall–Kier alpha value is -1.30. The molecule has 2 amide bonds. The number of nitrogens with one attached hydrogen (secondary N) is 2. The van der Waals surface area contributed by atoms with Crippen molar-refractivity contribution in [3.63, 3.8) is 0 Å². The van der Waals surface area contributed by atoms with E-state index in [0.29, 0.717) is 19.4 Å². The Balaban J connectivity index is 1.92. The molecule has 0 radical (unpaired) electrons. The summed E-state index contributed by atoms with van der Waals surface area (Å²) < 4.78 is 5.31. The number of carbonyl (C=O) groups excluding carboxylic acids is 1. The molecule has 1 atom stereocenters. The average molecular weight is 284 g/mol. The van der Waals surface area contributed by atoms with Crippen molar-refractivity contribution in [2.45, 2.75) is 62.9 Å². The van der Waals surface area contributed by atoms with Crippen molar-refractivity contribution in [1.29, 1.82) is 0 Å². The molecule has 2 fully saturated rings. The van der Waals surface area contributed by atoms with Gasteiger partial charge in [0, 0.05) is 6.61 Å². The molecule has 1 saturated heterocycles. The van der Waals surface area contributed by atoms with Gasteiger partial charge in [-0.3, -0.25) is 0 Å². The van der Waals surface area contributed by atoms with E-state index in [-0.39, 0.29) is 12.1 Å². The first-order valence-electron chi connectivity index (χ1n) is 7.52. The van der Waals surface area contributed by atoms with Gasteiger partial charge in [0.15, 0.2) is 0 Å². The number of carboxylic acid groups (broad SMARTS) is 1. The highest BCUT2D eigenvalue weighted by Gasteiger charge is 2.40. The molecule has 6 nitrogen and oxygen atoms in total. The number of hydrogen-bond donors (Lipinski definition) is 3. The first-order chi connectivity index (χ1) is 9.62. The van der Waals surface area contributed by atoms with Gasteiger partial charge in [-0.1, -0.05) is 25.7 Å². The van der Waals surface area contributed by atoms with Crippen LogP contribution in [0.5, 0.6) is 0 Å². The average Bonchev–Trinajstić information content (AvgIpc) is 2.66. The van der Waals surface area contributed by atoms with E-state index in [2.05, 4.69) is 10.6 Å². The summed E-state index contributed by atoms with van der Waals surface area (Å²) in [6.07, 6.45) is 6.60. The maximum absolute atomic E-state index is 12.1. The fraction of sp³-hybridized carbons (Fsp3) is 0.857. The lowest BCUT2D eigenvalue weighted by Gasteiger charge is -2.31. The van der Waals surface area contributed by atoms with Crippen molar-refractivity contribution in [1.82, 2.24) is 10.6 Å². The van der Waals surface area contributed by atoms with Gasteiger partial charge in [-0.15, -0.1) is 0 Å². The molecule has 0 aromatic carbocycles. The smallest absolute Gasteiger partial charge is 0.329 e. The van der Waals surface area contributed by atoms with E-state index < -0.39 is 11.5 Å². The molecule has 2 aliphatic rings. The lowest BCUT2D eigenvalue weighted by atomic mass is 9.90. The second-order valence-electron chi connectivity index (χ2n) is 5.81.